The lowest BCUT2D eigenvalue weighted by Gasteiger charge is -2.32. The lowest BCUT2D eigenvalue weighted by Crippen LogP contribution is -2.55. The summed E-state index contributed by atoms with van der Waals surface area (Å²) in [6, 6.07) is 7.06. The van der Waals surface area contributed by atoms with Gasteiger partial charge in [0.2, 0.25) is 5.91 Å². The molecular formula is C20H29ClN2O4. The van der Waals surface area contributed by atoms with Gasteiger partial charge in [0.05, 0.1) is 18.6 Å². The van der Waals surface area contributed by atoms with Crippen LogP contribution >= 0.6 is 11.6 Å². The first-order chi connectivity index (χ1) is 12.6. The van der Waals surface area contributed by atoms with Gasteiger partial charge in [-0.05, 0) is 64.7 Å². The molecule has 2 rings (SSSR count). The Morgan fingerprint density at radius 3 is 2.52 bits per heavy atom. The highest BCUT2D eigenvalue weighted by atomic mass is 35.5. The Labute approximate surface area is 165 Å². The van der Waals surface area contributed by atoms with Crippen LogP contribution in [0.3, 0.4) is 0 Å². The lowest BCUT2D eigenvalue weighted by atomic mass is 9.95. The van der Waals surface area contributed by atoms with Crippen molar-refractivity contribution >= 4 is 23.6 Å². The molecule has 150 valence electrons. The van der Waals surface area contributed by atoms with E-state index in [1.54, 1.807) is 24.3 Å². The zero-order valence-electron chi connectivity index (χ0n) is 16.4. The predicted molar refractivity (Wildman–Crippen MR) is 105 cm³/mol. The normalized spacial score (nSPS) is 16.2. The Kier molecular flexibility index (Phi) is 6.98. The Morgan fingerprint density at radius 1 is 1.22 bits per heavy atom. The summed E-state index contributed by atoms with van der Waals surface area (Å²) in [5, 5.41) is 6.42. The molecule has 1 aromatic carbocycles. The molecule has 1 aliphatic carbocycles. The second-order valence-corrected chi connectivity index (χ2v) is 8.59. The molecule has 0 aromatic heterocycles. The molecule has 1 aliphatic rings. The van der Waals surface area contributed by atoms with Crippen molar-refractivity contribution in [1.82, 2.24) is 10.6 Å². The third kappa shape index (κ3) is 7.67. The van der Waals surface area contributed by atoms with Gasteiger partial charge in [0.25, 0.3) is 0 Å². The third-order valence-corrected chi connectivity index (χ3v) is 4.53. The van der Waals surface area contributed by atoms with Gasteiger partial charge in [-0.1, -0.05) is 17.7 Å². The van der Waals surface area contributed by atoms with Crippen LogP contribution in [-0.4, -0.2) is 36.3 Å². The van der Waals surface area contributed by atoms with E-state index in [4.69, 9.17) is 21.1 Å². The fourth-order valence-electron chi connectivity index (χ4n) is 2.78. The second kappa shape index (κ2) is 8.83. The number of halogens is 1. The minimum Gasteiger partial charge on any atom is -0.493 e. The van der Waals surface area contributed by atoms with E-state index in [1.165, 1.54) is 0 Å². The molecule has 27 heavy (non-hydrogen) atoms. The summed E-state index contributed by atoms with van der Waals surface area (Å²) in [4.78, 5) is 24.3. The first-order valence-corrected chi connectivity index (χ1v) is 9.61. The van der Waals surface area contributed by atoms with E-state index in [-0.39, 0.29) is 18.9 Å². The van der Waals surface area contributed by atoms with Gasteiger partial charge in [0.15, 0.2) is 0 Å². The van der Waals surface area contributed by atoms with Crippen molar-refractivity contribution in [1.29, 1.82) is 0 Å². The maximum absolute atomic E-state index is 12.4. The van der Waals surface area contributed by atoms with Gasteiger partial charge in [-0.2, -0.15) is 0 Å². The molecule has 2 N–H and O–H groups in total. The molecule has 1 unspecified atom stereocenters. The Balaban J connectivity index is 1.80. The molecular weight excluding hydrogens is 368 g/mol. The third-order valence-electron chi connectivity index (χ3n) is 4.30. The maximum atomic E-state index is 12.4. The second-order valence-electron chi connectivity index (χ2n) is 8.15. The zero-order valence-corrected chi connectivity index (χ0v) is 17.2. The number of rotatable bonds is 8. The number of carbonyl (C=O) groups excluding carboxylic acids is 2. The Bertz CT molecular complexity index is 670. The average molecular weight is 397 g/mol. The molecule has 0 aliphatic heterocycles. The van der Waals surface area contributed by atoms with Crippen molar-refractivity contribution < 1.29 is 19.1 Å². The monoisotopic (exact) mass is 396 g/mol. The average Bonchev–Trinajstić information content (AvgIpc) is 3.37. The summed E-state index contributed by atoms with van der Waals surface area (Å²) in [6.45, 7) is 7.98. The van der Waals surface area contributed by atoms with E-state index in [2.05, 4.69) is 10.6 Å². The summed E-state index contributed by atoms with van der Waals surface area (Å²) in [6.07, 6.45) is 1.81. The molecule has 0 radical (unpaired) electrons. The van der Waals surface area contributed by atoms with Crippen molar-refractivity contribution in [2.24, 2.45) is 5.92 Å². The van der Waals surface area contributed by atoms with Gasteiger partial charge in [-0.3, -0.25) is 4.79 Å². The molecule has 1 saturated carbocycles. The predicted octanol–water partition coefficient (Wildman–Crippen LogP) is 3.92. The highest BCUT2D eigenvalue weighted by Gasteiger charge is 2.42. The molecule has 6 nitrogen and oxygen atoms in total. The van der Waals surface area contributed by atoms with Gasteiger partial charge in [-0.15, -0.1) is 0 Å². The van der Waals surface area contributed by atoms with Crippen LogP contribution in [0.25, 0.3) is 0 Å². The fraction of sp³-hybridized carbons (Fsp3) is 0.600. The van der Waals surface area contributed by atoms with Crippen molar-refractivity contribution in [2.75, 3.05) is 13.2 Å². The highest BCUT2D eigenvalue weighted by molar-refractivity contribution is 6.30. The maximum Gasteiger partial charge on any atom is 0.407 e. The van der Waals surface area contributed by atoms with Crippen LogP contribution in [0.2, 0.25) is 5.02 Å². The van der Waals surface area contributed by atoms with E-state index >= 15 is 0 Å². The van der Waals surface area contributed by atoms with Gasteiger partial charge < -0.3 is 20.1 Å². The number of nitrogens with one attached hydrogen (secondary N) is 2. The van der Waals surface area contributed by atoms with Crippen LogP contribution in [0.4, 0.5) is 4.79 Å². The molecule has 0 bridgehead atoms. The number of amides is 2. The van der Waals surface area contributed by atoms with Crippen molar-refractivity contribution in [3.05, 3.63) is 29.3 Å². The largest absolute Gasteiger partial charge is 0.493 e. The van der Waals surface area contributed by atoms with E-state index in [1.807, 2.05) is 27.7 Å². The SMILES string of the molecule is CC(C)(C)OC(=O)NCC(C)(NC(=O)CCOc1cccc(Cl)c1)C1CC1. The Morgan fingerprint density at radius 2 is 1.93 bits per heavy atom. The quantitative estimate of drug-likeness (QED) is 0.698. The van der Waals surface area contributed by atoms with E-state index in [0.717, 1.165) is 12.8 Å². The van der Waals surface area contributed by atoms with Crippen molar-refractivity contribution in [3.8, 4) is 5.75 Å². The summed E-state index contributed by atoms with van der Waals surface area (Å²) >= 11 is 5.91. The van der Waals surface area contributed by atoms with E-state index < -0.39 is 17.2 Å². The van der Waals surface area contributed by atoms with Gasteiger partial charge in [0, 0.05) is 11.6 Å². The van der Waals surface area contributed by atoms with Gasteiger partial charge in [0.1, 0.15) is 11.4 Å². The van der Waals surface area contributed by atoms with Crippen LogP contribution in [-0.2, 0) is 9.53 Å². The van der Waals surface area contributed by atoms with E-state index in [9.17, 15) is 9.59 Å². The summed E-state index contributed by atoms with van der Waals surface area (Å²) in [5.41, 5.74) is -1.05. The lowest BCUT2D eigenvalue weighted by molar-refractivity contribution is -0.123. The Hall–Kier alpha value is -1.95. The van der Waals surface area contributed by atoms with Crippen LogP contribution in [0.5, 0.6) is 5.75 Å². The number of hydrogen-bond acceptors (Lipinski definition) is 4. The fourth-order valence-corrected chi connectivity index (χ4v) is 2.96. The minimum atomic E-state index is -0.555. The number of benzene rings is 1. The van der Waals surface area contributed by atoms with Gasteiger partial charge >= 0.3 is 6.09 Å². The number of ether oxygens (including phenoxy) is 2. The molecule has 0 spiro atoms. The molecule has 0 saturated heterocycles. The smallest absolute Gasteiger partial charge is 0.407 e. The zero-order chi connectivity index (χ0) is 20.1. The topological polar surface area (TPSA) is 76.7 Å². The van der Waals surface area contributed by atoms with Crippen molar-refractivity contribution in [2.45, 2.75) is 58.1 Å². The number of carbonyl (C=O) groups is 2. The first kappa shape index (κ1) is 21.4. The first-order valence-electron chi connectivity index (χ1n) is 9.24. The molecule has 1 atom stereocenters. The van der Waals surface area contributed by atoms with Crippen LogP contribution in [0.15, 0.2) is 24.3 Å². The number of alkyl carbamates (subject to hydrolysis) is 1. The van der Waals surface area contributed by atoms with Crippen LogP contribution < -0.4 is 15.4 Å². The summed E-state index contributed by atoms with van der Waals surface area (Å²) < 4.78 is 10.8. The standard InChI is InChI=1S/C20H29ClN2O4/c1-19(2,3)27-18(25)22-13-20(4,14-8-9-14)23-17(24)10-11-26-16-7-5-6-15(21)12-16/h5-7,12,14H,8-11,13H2,1-4H3,(H,22,25)(H,23,24). The molecule has 0 heterocycles. The molecule has 2 amide bonds. The van der Waals surface area contributed by atoms with E-state index in [0.29, 0.717) is 23.2 Å². The van der Waals surface area contributed by atoms with Crippen LogP contribution in [0, 0.1) is 5.92 Å². The molecule has 7 heteroatoms. The van der Waals surface area contributed by atoms with Gasteiger partial charge in [-0.25, -0.2) is 4.79 Å². The summed E-state index contributed by atoms with van der Waals surface area (Å²) in [7, 11) is 0. The van der Waals surface area contributed by atoms with Crippen LogP contribution in [0.1, 0.15) is 47.0 Å². The molecule has 1 aromatic rings. The highest BCUT2D eigenvalue weighted by Crippen LogP contribution is 2.39. The van der Waals surface area contributed by atoms with Crippen molar-refractivity contribution in [3.63, 3.8) is 0 Å². The summed E-state index contributed by atoms with van der Waals surface area (Å²) in [5.74, 6) is 0.870. The minimum absolute atomic E-state index is 0.114. The molecule has 1 fully saturated rings. The number of hydrogen-bond donors (Lipinski definition) is 2.